The number of benzene rings is 2. The number of hydrogen-bond donors (Lipinski definition) is 2. The van der Waals surface area contributed by atoms with E-state index in [9.17, 15) is 14.0 Å². The van der Waals surface area contributed by atoms with Crippen LogP contribution in [-0.4, -0.2) is 68.2 Å². The molecule has 0 aliphatic carbocycles. The molecule has 160 valence electrons. The van der Waals surface area contributed by atoms with Gasteiger partial charge in [0.15, 0.2) is 0 Å². The number of ether oxygens (including phenoxy) is 1. The summed E-state index contributed by atoms with van der Waals surface area (Å²) in [6.07, 6.45) is -0.920. The van der Waals surface area contributed by atoms with Gasteiger partial charge in [-0.2, -0.15) is 0 Å². The number of likely N-dealkylation sites (N-methyl/N-ethyl adjacent to an activating group) is 1. The number of likely N-dealkylation sites (tertiary alicyclic amines) is 1. The quantitative estimate of drug-likeness (QED) is 0.694. The van der Waals surface area contributed by atoms with Crippen LogP contribution in [0.2, 0.25) is 0 Å². The maximum Gasteiger partial charge on any atom is 0.411 e. The second kappa shape index (κ2) is 10.2. The normalized spacial score (nSPS) is 15.3. The minimum absolute atomic E-state index is 0.0690. The van der Waals surface area contributed by atoms with Crippen molar-refractivity contribution in [3.63, 3.8) is 0 Å². The van der Waals surface area contributed by atoms with E-state index in [1.807, 2.05) is 49.3 Å². The van der Waals surface area contributed by atoms with Crippen LogP contribution in [0.15, 0.2) is 54.6 Å². The Morgan fingerprint density at radius 3 is 2.57 bits per heavy atom. The number of amides is 2. The van der Waals surface area contributed by atoms with Gasteiger partial charge in [0.1, 0.15) is 11.9 Å². The molecule has 1 heterocycles. The fourth-order valence-corrected chi connectivity index (χ4v) is 3.33. The van der Waals surface area contributed by atoms with Crippen LogP contribution in [0.4, 0.5) is 14.9 Å². The first-order chi connectivity index (χ1) is 14.4. The smallest absolute Gasteiger partial charge is 0.411 e. The Morgan fingerprint density at radius 2 is 1.90 bits per heavy atom. The molecule has 1 atom stereocenters. The van der Waals surface area contributed by atoms with E-state index >= 15 is 0 Å². The Labute approximate surface area is 175 Å². The van der Waals surface area contributed by atoms with Crippen LogP contribution in [-0.2, 0) is 9.53 Å². The number of halogens is 1. The van der Waals surface area contributed by atoms with Crippen LogP contribution in [0.3, 0.4) is 0 Å². The van der Waals surface area contributed by atoms with Crippen LogP contribution >= 0.6 is 0 Å². The molecule has 1 aliphatic heterocycles. The molecule has 1 saturated heterocycles. The lowest BCUT2D eigenvalue weighted by Gasteiger charge is -2.37. The summed E-state index contributed by atoms with van der Waals surface area (Å²) in [4.78, 5) is 28.1. The molecule has 0 saturated carbocycles. The average Bonchev–Trinajstić information content (AvgIpc) is 2.67. The van der Waals surface area contributed by atoms with E-state index in [1.54, 1.807) is 6.07 Å². The van der Waals surface area contributed by atoms with Gasteiger partial charge in [-0.1, -0.05) is 36.4 Å². The Kier molecular flexibility index (Phi) is 7.37. The summed E-state index contributed by atoms with van der Waals surface area (Å²) in [5.74, 6) is -0.502. The van der Waals surface area contributed by atoms with Gasteiger partial charge in [-0.25, -0.2) is 9.18 Å². The minimum atomic E-state index is -0.633. The van der Waals surface area contributed by atoms with Gasteiger partial charge >= 0.3 is 6.09 Å². The van der Waals surface area contributed by atoms with Crippen molar-refractivity contribution in [1.29, 1.82) is 0 Å². The molecule has 1 fully saturated rings. The second-order valence-electron chi connectivity index (χ2n) is 7.55. The summed E-state index contributed by atoms with van der Waals surface area (Å²) in [7, 11) is 3.96. The third-order valence-electron chi connectivity index (χ3n) is 4.94. The van der Waals surface area contributed by atoms with Crippen LogP contribution in [0, 0.1) is 5.82 Å². The number of anilines is 1. The Hall–Kier alpha value is -2.97. The first-order valence-electron chi connectivity index (χ1n) is 9.84. The summed E-state index contributed by atoms with van der Waals surface area (Å²) in [5, 5.41) is 5.47. The lowest BCUT2D eigenvalue weighted by atomic mass is 10.1. The van der Waals surface area contributed by atoms with Gasteiger partial charge in [-0.3, -0.25) is 15.0 Å². The van der Waals surface area contributed by atoms with Crippen molar-refractivity contribution in [3.05, 3.63) is 66.0 Å². The second-order valence-corrected chi connectivity index (χ2v) is 7.55. The molecule has 3 rings (SSSR count). The van der Waals surface area contributed by atoms with Crippen LogP contribution < -0.4 is 10.6 Å². The Bertz CT molecular complexity index is 856. The number of carbonyl (C=O) groups excluding carboxylic acids is 2. The molecule has 0 aromatic heterocycles. The summed E-state index contributed by atoms with van der Waals surface area (Å²) in [6, 6.07) is 15.7. The van der Waals surface area contributed by atoms with Gasteiger partial charge in [-0.15, -0.1) is 0 Å². The topological polar surface area (TPSA) is 73.9 Å². The molecule has 2 aromatic carbocycles. The highest BCUT2D eigenvalue weighted by Gasteiger charge is 2.31. The maximum atomic E-state index is 13.1. The third-order valence-corrected chi connectivity index (χ3v) is 4.94. The summed E-state index contributed by atoms with van der Waals surface area (Å²) < 4.78 is 18.4. The van der Waals surface area contributed by atoms with Gasteiger partial charge in [-0.05, 0) is 37.9 Å². The van der Waals surface area contributed by atoms with Crippen molar-refractivity contribution in [1.82, 2.24) is 15.1 Å². The lowest BCUT2D eigenvalue weighted by molar-refractivity contribution is -0.125. The highest BCUT2D eigenvalue weighted by Crippen LogP contribution is 2.17. The molecule has 0 radical (unpaired) electrons. The van der Waals surface area contributed by atoms with Crippen molar-refractivity contribution in [2.24, 2.45) is 0 Å². The Morgan fingerprint density at radius 1 is 1.17 bits per heavy atom. The third kappa shape index (κ3) is 6.27. The number of nitrogens with zero attached hydrogens (tertiary/aromatic N) is 2. The predicted octanol–water partition coefficient (Wildman–Crippen LogP) is 2.48. The summed E-state index contributed by atoms with van der Waals surface area (Å²) >= 11 is 0. The van der Waals surface area contributed by atoms with Crippen molar-refractivity contribution in [2.45, 2.75) is 12.1 Å². The fraction of sp³-hybridized carbons (Fsp3) is 0.364. The monoisotopic (exact) mass is 414 g/mol. The summed E-state index contributed by atoms with van der Waals surface area (Å²) in [6.45, 7) is 1.74. The number of hydrogen-bond acceptors (Lipinski definition) is 5. The van der Waals surface area contributed by atoms with Crippen molar-refractivity contribution in [3.8, 4) is 0 Å². The average molecular weight is 414 g/mol. The lowest BCUT2D eigenvalue weighted by Crippen LogP contribution is -2.56. The molecular formula is C22H27FN4O3. The molecule has 7 nitrogen and oxygen atoms in total. The number of rotatable bonds is 8. The van der Waals surface area contributed by atoms with Crippen molar-refractivity contribution in [2.75, 3.05) is 45.6 Å². The molecule has 0 unspecified atom stereocenters. The van der Waals surface area contributed by atoms with Gasteiger partial charge in [0.2, 0.25) is 5.91 Å². The molecule has 1 aliphatic rings. The number of nitrogens with one attached hydrogen (secondary N) is 2. The van der Waals surface area contributed by atoms with Crippen LogP contribution in [0.1, 0.15) is 11.6 Å². The highest BCUT2D eigenvalue weighted by atomic mass is 19.1. The maximum absolute atomic E-state index is 13.1. The molecule has 2 amide bonds. The Balaban J connectivity index is 1.36. The zero-order chi connectivity index (χ0) is 21.5. The van der Waals surface area contributed by atoms with Crippen molar-refractivity contribution < 1.29 is 18.7 Å². The molecule has 0 spiro atoms. The standard InChI is InChI=1S/C22H27FN4O3/c1-26(2)20(16-7-4-3-5-8-16)12-24-21(28)15-27-13-19(14-27)30-22(29)25-18-10-6-9-17(23)11-18/h3-11,19-20H,12-15H2,1-2H3,(H,24,28)(H,25,29)/t20-/m1/s1. The highest BCUT2D eigenvalue weighted by molar-refractivity contribution is 5.84. The molecule has 8 heteroatoms. The predicted molar refractivity (Wildman–Crippen MR) is 113 cm³/mol. The first kappa shape index (κ1) is 21.7. The van der Waals surface area contributed by atoms with E-state index in [4.69, 9.17) is 4.74 Å². The van der Waals surface area contributed by atoms with E-state index in [0.717, 1.165) is 5.56 Å². The zero-order valence-corrected chi connectivity index (χ0v) is 17.2. The summed E-state index contributed by atoms with van der Waals surface area (Å²) in [5.41, 5.74) is 1.48. The van der Waals surface area contributed by atoms with E-state index in [0.29, 0.717) is 25.3 Å². The number of carbonyl (C=O) groups is 2. The molecule has 2 aromatic rings. The van der Waals surface area contributed by atoms with Crippen molar-refractivity contribution >= 4 is 17.7 Å². The van der Waals surface area contributed by atoms with E-state index < -0.39 is 11.9 Å². The van der Waals surface area contributed by atoms with Crippen LogP contribution in [0.5, 0.6) is 0 Å². The van der Waals surface area contributed by atoms with E-state index in [-0.39, 0.29) is 24.6 Å². The van der Waals surface area contributed by atoms with Gasteiger partial charge < -0.3 is 15.0 Å². The zero-order valence-electron chi connectivity index (χ0n) is 17.2. The van der Waals surface area contributed by atoms with Gasteiger partial charge in [0.05, 0.1) is 12.6 Å². The molecular weight excluding hydrogens is 387 g/mol. The first-order valence-corrected chi connectivity index (χ1v) is 9.84. The van der Waals surface area contributed by atoms with Gasteiger partial charge in [0, 0.05) is 25.3 Å². The molecule has 30 heavy (non-hydrogen) atoms. The molecule has 0 bridgehead atoms. The van der Waals surface area contributed by atoms with E-state index in [2.05, 4.69) is 15.5 Å². The minimum Gasteiger partial charge on any atom is -0.443 e. The SMILES string of the molecule is CN(C)[C@H](CNC(=O)CN1CC(OC(=O)Nc2cccc(F)c2)C1)c1ccccc1. The largest absolute Gasteiger partial charge is 0.443 e. The van der Waals surface area contributed by atoms with Crippen LogP contribution in [0.25, 0.3) is 0 Å². The van der Waals surface area contributed by atoms with E-state index in [1.165, 1.54) is 18.2 Å². The molecule has 2 N–H and O–H groups in total. The van der Waals surface area contributed by atoms with Gasteiger partial charge in [0.25, 0.3) is 0 Å². The fourth-order valence-electron chi connectivity index (χ4n) is 3.33.